The highest BCUT2D eigenvalue weighted by Gasteiger charge is 2.34. The van der Waals surface area contributed by atoms with E-state index in [4.69, 9.17) is 9.84 Å². The second-order valence-corrected chi connectivity index (χ2v) is 4.23. The van der Waals surface area contributed by atoms with Gasteiger partial charge in [-0.25, -0.2) is 9.78 Å². The van der Waals surface area contributed by atoms with Crippen LogP contribution < -0.4 is 10.1 Å². The van der Waals surface area contributed by atoms with Crippen molar-refractivity contribution in [1.82, 2.24) is 10.3 Å². The molecule has 1 heterocycles. The molecule has 0 unspecified atom stereocenters. The maximum atomic E-state index is 12.3. The molecule has 2 N–H and O–H groups in total. The van der Waals surface area contributed by atoms with E-state index < -0.39 is 18.0 Å². The van der Waals surface area contributed by atoms with Gasteiger partial charge in [-0.3, -0.25) is 0 Å². The van der Waals surface area contributed by atoms with Crippen LogP contribution in [0.1, 0.15) is 18.5 Å². The number of rotatable bonds is 3. The average Bonchev–Trinajstić information content (AvgIpc) is 2.25. The number of hydrogen-bond acceptors (Lipinski definition) is 3. The quantitative estimate of drug-likeness (QED) is 0.888. The third-order valence-electron chi connectivity index (χ3n) is 2.75. The largest absolute Gasteiger partial charge is 0.489 e. The Balaban J connectivity index is 1.84. The monoisotopic (exact) mass is 276 g/mol. The van der Waals surface area contributed by atoms with E-state index in [1.807, 2.05) is 0 Å². The number of amides is 1. The summed E-state index contributed by atoms with van der Waals surface area (Å²) < 4.78 is 42.2. The average molecular weight is 276 g/mol. The lowest BCUT2D eigenvalue weighted by atomic mass is 9.89. The number of carboxylic acid groups (broad SMARTS) is 1. The minimum atomic E-state index is -4.47. The van der Waals surface area contributed by atoms with Crippen LogP contribution in [0, 0.1) is 0 Å². The van der Waals surface area contributed by atoms with Crippen molar-refractivity contribution in [2.24, 2.45) is 0 Å². The van der Waals surface area contributed by atoms with Crippen LogP contribution in [0.3, 0.4) is 0 Å². The molecule has 1 amide bonds. The van der Waals surface area contributed by atoms with Crippen LogP contribution in [0.4, 0.5) is 18.0 Å². The SMILES string of the molecule is O=C(O)NC1CC(Oc2ccc(C(F)(F)F)nc2)C1. The normalized spacial score (nSPS) is 22.5. The zero-order chi connectivity index (χ0) is 14.0. The van der Waals surface area contributed by atoms with Crippen molar-refractivity contribution in [3.05, 3.63) is 24.0 Å². The molecule has 2 rings (SSSR count). The third-order valence-corrected chi connectivity index (χ3v) is 2.75. The number of pyridine rings is 1. The standard InChI is InChI=1S/C11H11F3N2O3/c12-11(13,14)9-2-1-7(5-15-9)19-8-3-6(4-8)16-10(17)18/h1-2,5-6,8,16H,3-4H2,(H,17,18). The van der Waals surface area contributed by atoms with Gasteiger partial charge in [0, 0.05) is 18.9 Å². The van der Waals surface area contributed by atoms with E-state index in [2.05, 4.69) is 10.3 Å². The number of ether oxygens (including phenoxy) is 1. The first kappa shape index (κ1) is 13.4. The lowest BCUT2D eigenvalue weighted by Gasteiger charge is -2.34. The van der Waals surface area contributed by atoms with Crippen LogP contribution in [-0.4, -0.2) is 28.3 Å². The van der Waals surface area contributed by atoms with Gasteiger partial charge in [-0.2, -0.15) is 13.2 Å². The Hall–Kier alpha value is -1.99. The van der Waals surface area contributed by atoms with E-state index in [0.717, 1.165) is 12.3 Å². The molecule has 19 heavy (non-hydrogen) atoms. The summed E-state index contributed by atoms with van der Waals surface area (Å²) in [6.45, 7) is 0. The number of nitrogens with one attached hydrogen (secondary N) is 1. The molecule has 1 aliphatic carbocycles. The minimum Gasteiger partial charge on any atom is -0.489 e. The third kappa shape index (κ3) is 3.49. The molecule has 5 nitrogen and oxygen atoms in total. The van der Waals surface area contributed by atoms with Crippen LogP contribution in [0.15, 0.2) is 18.3 Å². The van der Waals surface area contributed by atoms with E-state index in [0.29, 0.717) is 12.8 Å². The first-order chi connectivity index (χ1) is 8.84. The fourth-order valence-corrected chi connectivity index (χ4v) is 1.76. The highest BCUT2D eigenvalue weighted by molar-refractivity contribution is 5.65. The van der Waals surface area contributed by atoms with Crippen LogP contribution in [0.2, 0.25) is 0 Å². The molecule has 1 aromatic heterocycles. The molecule has 1 aromatic rings. The van der Waals surface area contributed by atoms with Crippen LogP contribution in [-0.2, 0) is 6.18 Å². The van der Waals surface area contributed by atoms with E-state index in [1.165, 1.54) is 6.07 Å². The molecule has 0 saturated heterocycles. The Morgan fingerprint density at radius 2 is 2.11 bits per heavy atom. The van der Waals surface area contributed by atoms with E-state index >= 15 is 0 Å². The maximum Gasteiger partial charge on any atom is 0.433 e. The number of hydrogen-bond donors (Lipinski definition) is 2. The molecule has 0 aliphatic heterocycles. The summed E-state index contributed by atoms with van der Waals surface area (Å²) in [5, 5.41) is 10.8. The molecule has 1 aliphatic rings. The molecule has 0 radical (unpaired) electrons. The first-order valence-corrected chi connectivity index (χ1v) is 5.54. The van der Waals surface area contributed by atoms with Crippen molar-refractivity contribution in [2.45, 2.75) is 31.2 Å². The van der Waals surface area contributed by atoms with Crippen molar-refractivity contribution in [3.63, 3.8) is 0 Å². The van der Waals surface area contributed by atoms with Gasteiger partial charge >= 0.3 is 12.3 Å². The minimum absolute atomic E-state index is 0.162. The summed E-state index contributed by atoms with van der Waals surface area (Å²) in [5.74, 6) is 0.242. The zero-order valence-electron chi connectivity index (χ0n) is 9.65. The predicted octanol–water partition coefficient (Wildman–Crippen LogP) is 2.28. The number of carbonyl (C=O) groups is 1. The van der Waals surface area contributed by atoms with E-state index in [1.54, 1.807) is 0 Å². The van der Waals surface area contributed by atoms with Crippen LogP contribution in [0.5, 0.6) is 5.75 Å². The second-order valence-electron chi connectivity index (χ2n) is 4.23. The molecule has 104 valence electrons. The number of nitrogens with zero attached hydrogens (tertiary/aromatic N) is 1. The highest BCUT2D eigenvalue weighted by Crippen LogP contribution is 2.30. The van der Waals surface area contributed by atoms with Gasteiger partial charge in [-0.1, -0.05) is 0 Å². The maximum absolute atomic E-state index is 12.3. The Kier molecular flexibility index (Phi) is 3.50. The molecular weight excluding hydrogens is 265 g/mol. The summed E-state index contributed by atoms with van der Waals surface area (Å²) >= 11 is 0. The fourth-order valence-electron chi connectivity index (χ4n) is 1.76. The lowest BCUT2D eigenvalue weighted by Crippen LogP contribution is -2.48. The Morgan fingerprint density at radius 3 is 2.58 bits per heavy atom. The molecule has 0 aromatic carbocycles. The molecular formula is C11H11F3N2O3. The van der Waals surface area contributed by atoms with Crippen molar-refractivity contribution in [1.29, 1.82) is 0 Å². The smallest absolute Gasteiger partial charge is 0.433 e. The fraction of sp³-hybridized carbons (Fsp3) is 0.455. The highest BCUT2D eigenvalue weighted by atomic mass is 19.4. The van der Waals surface area contributed by atoms with Gasteiger partial charge in [0.15, 0.2) is 0 Å². The molecule has 0 bridgehead atoms. The Morgan fingerprint density at radius 1 is 1.42 bits per heavy atom. The summed E-state index contributed by atoms with van der Waals surface area (Å²) in [7, 11) is 0. The van der Waals surface area contributed by atoms with Crippen LogP contribution in [0.25, 0.3) is 0 Å². The van der Waals surface area contributed by atoms with E-state index in [9.17, 15) is 18.0 Å². The van der Waals surface area contributed by atoms with Gasteiger partial charge in [0.2, 0.25) is 0 Å². The molecule has 0 atom stereocenters. The molecule has 1 fully saturated rings. The summed E-state index contributed by atoms with van der Waals surface area (Å²) in [6.07, 6.45) is -3.76. The molecule has 1 saturated carbocycles. The second kappa shape index (κ2) is 4.94. The summed E-state index contributed by atoms with van der Waals surface area (Å²) in [4.78, 5) is 13.6. The van der Waals surface area contributed by atoms with Gasteiger partial charge in [-0.05, 0) is 12.1 Å². The molecule has 8 heteroatoms. The summed E-state index contributed by atoms with van der Waals surface area (Å²) in [5.41, 5.74) is -0.973. The van der Waals surface area contributed by atoms with Gasteiger partial charge in [0.25, 0.3) is 0 Å². The van der Waals surface area contributed by atoms with Gasteiger partial charge in [0.05, 0.1) is 6.20 Å². The zero-order valence-corrected chi connectivity index (χ0v) is 9.65. The number of aromatic nitrogens is 1. The van der Waals surface area contributed by atoms with Gasteiger partial charge in [0.1, 0.15) is 17.5 Å². The van der Waals surface area contributed by atoms with Crippen molar-refractivity contribution in [2.75, 3.05) is 0 Å². The lowest BCUT2D eigenvalue weighted by molar-refractivity contribution is -0.141. The summed E-state index contributed by atoms with van der Waals surface area (Å²) in [6, 6.07) is 1.89. The van der Waals surface area contributed by atoms with Gasteiger partial charge < -0.3 is 15.2 Å². The number of halogens is 3. The number of alkyl halides is 3. The first-order valence-electron chi connectivity index (χ1n) is 5.54. The van der Waals surface area contributed by atoms with Crippen molar-refractivity contribution >= 4 is 6.09 Å². The van der Waals surface area contributed by atoms with Gasteiger partial charge in [-0.15, -0.1) is 0 Å². The van der Waals surface area contributed by atoms with Crippen molar-refractivity contribution in [3.8, 4) is 5.75 Å². The Bertz CT molecular complexity index is 455. The van der Waals surface area contributed by atoms with Crippen LogP contribution >= 0.6 is 0 Å². The van der Waals surface area contributed by atoms with Crippen molar-refractivity contribution < 1.29 is 27.8 Å². The molecule has 0 spiro atoms. The topological polar surface area (TPSA) is 71.5 Å². The Labute approximate surface area is 106 Å². The predicted molar refractivity (Wildman–Crippen MR) is 57.8 cm³/mol. The van der Waals surface area contributed by atoms with E-state index in [-0.39, 0.29) is 17.9 Å².